The normalized spacial score (nSPS) is 11.4. The average molecular weight is 222 g/mol. The first-order valence-corrected chi connectivity index (χ1v) is 8.71. The number of rotatable bonds is 4. The average Bonchev–Trinajstić information content (AvgIpc) is 2.14. The van der Waals surface area contributed by atoms with E-state index in [9.17, 15) is 4.79 Å². The van der Waals surface area contributed by atoms with E-state index < -0.39 is 14.0 Å². The molecule has 0 amide bonds. The van der Waals surface area contributed by atoms with Crippen molar-refractivity contribution in [2.75, 3.05) is 0 Å². The minimum atomic E-state index is -1.22. The van der Waals surface area contributed by atoms with Crippen LogP contribution in [0, 0.1) is 0 Å². The number of carboxylic acid groups (broad SMARTS) is 1. The molecule has 1 N–H and O–H groups in total. The van der Waals surface area contributed by atoms with Crippen LogP contribution in [0.5, 0.6) is 0 Å². The van der Waals surface area contributed by atoms with Gasteiger partial charge in [0, 0.05) is 6.42 Å². The molecule has 0 bridgehead atoms. The van der Waals surface area contributed by atoms with E-state index in [1.807, 2.05) is 0 Å². The second-order valence-corrected chi connectivity index (χ2v) is 9.92. The molecule has 2 nitrogen and oxygen atoms in total. The molecule has 0 spiro atoms. The molecule has 1 aromatic rings. The lowest BCUT2D eigenvalue weighted by Gasteiger charge is -2.16. The molecule has 82 valence electrons. The molecular formula is C12H18O2Si. The fraction of sp³-hybridized carbons (Fsp3) is 0.417. The van der Waals surface area contributed by atoms with Gasteiger partial charge in [0.1, 0.15) is 0 Å². The van der Waals surface area contributed by atoms with E-state index in [0.29, 0.717) is 6.42 Å². The summed E-state index contributed by atoms with van der Waals surface area (Å²) in [5.41, 5.74) is 1.11. The molecule has 0 aliphatic heterocycles. The highest BCUT2D eigenvalue weighted by atomic mass is 28.3. The highest BCUT2D eigenvalue weighted by molar-refractivity contribution is 6.88. The third kappa shape index (κ3) is 3.87. The molecule has 0 unspecified atom stereocenters. The van der Waals surface area contributed by atoms with Crippen LogP contribution >= 0.6 is 0 Å². The Morgan fingerprint density at radius 3 is 2.13 bits per heavy atom. The van der Waals surface area contributed by atoms with Gasteiger partial charge in [0.05, 0.1) is 8.07 Å². The maximum atomic E-state index is 10.4. The lowest BCUT2D eigenvalue weighted by Crippen LogP contribution is -2.37. The number of aryl methyl sites for hydroxylation is 1. The van der Waals surface area contributed by atoms with Crippen molar-refractivity contribution >= 4 is 19.2 Å². The van der Waals surface area contributed by atoms with Crippen molar-refractivity contribution in [1.29, 1.82) is 0 Å². The molecule has 1 aromatic carbocycles. The number of benzene rings is 1. The van der Waals surface area contributed by atoms with Gasteiger partial charge in [0.2, 0.25) is 0 Å². The Hall–Kier alpha value is -1.09. The standard InChI is InChI=1S/C12H18O2Si/c1-15(2,3)11-7-4-10(5-8-11)6-9-12(13)14/h4-5,7-8H,6,9H2,1-3H3,(H,13,14). The lowest BCUT2D eigenvalue weighted by atomic mass is 10.1. The molecule has 15 heavy (non-hydrogen) atoms. The third-order valence-corrected chi connectivity index (χ3v) is 4.51. The SMILES string of the molecule is C[Si](C)(C)c1ccc(CCC(=O)O)cc1. The number of hydrogen-bond acceptors (Lipinski definition) is 1. The number of hydrogen-bond donors (Lipinski definition) is 1. The van der Waals surface area contributed by atoms with E-state index in [-0.39, 0.29) is 6.42 Å². The second-order valence-electron chi connectivity index (χ2n) is 4.84. The van der Waals surface area contributed by atoms with Gasteiger partial charge in [0.25, 0.3) is 0 Å². The maximum Gasteiger partial charge on any atom is 0.303 e. The largest absolute Gasteiger partial charge is 0.481 e. The van der Waals surface area contributed by atoms with Crippen LogP contribution in [0.2, 0.25) is 19.6 Å². The van der Waals surface area contributed by atoms with E-state index in [2.05, 4.69) is 43.9 Å². The van der Waals surface area contributed by atoms with Crippen LogP contribution in [0.3, 0.4) is 0 Å². The van der Waals surface area contributed by atoms with Crippen LogP contribution in [0.25, 0.3) is 0 Å². The lowest BCUT2D eigenvalue weighted by molar-refractivity contribution is -0.136. The van der Waals surface area contributed by atoms with Crippen LogP contribution in [-0.4, -0.2) is 19.1 Å². The molecule has 0 saturated heterocycles. The van der Waals surface area contributed by atoms with Crippen LogP contribution in [0.4, 0.5) is 0 Å². The Bertz CT molecular complexity index is 336. The van der Waals surface area contributed by atoms with E-state index in [1.54, 1.807) is 0 Å². The summed E-state index contributed by atoms with van der Waals surface area (Å²) in [6, 6.07) is 8.39. The Morgan fingerprint density at radius 1 is 1.20 bits per heavy atom. The monoisotopic (exact) mass is 222 g/mol. The summed E-state index contributed by atoms with van der Waals surface area (Å²) in [5, 5.41) is 9.98. The summed E-state index contributed by atoms with van der Waals surface area (Å²) < 4.78 is 0. The summed E-state index contributed by atoms with van der Waals surface area (Å²) in [7, 11) is -1.22. The van der Waals surface area contributed by atoms with Gasteiger partial charge in [-0.2, -0.15) is 0 Å². The summed E-state index contributed by atoms with van der Waals surface area (Å²) in [6.07, 6.45) is 0.841. The molecule has 0 aromatic heterocycles. The van der Waals surface area contributed by atoms with Gasteiger partial charge in [-0.1, -0.05) is 49.1 Å². The van der Waals surface area contributed by atoms with Crippen LogP contribution in [0.1, 0.15) is 12.0 Å². The van der Waals surface area contributed by atoms with E-state index >= 15 is 0 Å². The summed E-state index contributed by atoms with van der Waals surface area (Å²) in [6.45, 7) is 6.91. The molecular weight excluding hydrogens is 204 g/mol. The summed E-state index contributed by atoms with van der Waals surface area (Å²) >= 11 is 0. The van der Waals surface area contributed by atoms with E-state index in [1.165, 1.54) is 5.19 Å². The number of aliphatic carboxylic acids is 1. The minimum absolute atomic E-state index is 0.215. The number of carboxylic acids is 1. The third-order valence-electron chi connectivity index (χ3n) is 2.45. The fourth-order valence-electron chi connectivity index (χ4n) is 1.42. The highest BCUT2D eigenvalue weighted by Crippen LogP contribution is 2.06. The van der Waals surface area contributed by atoms with Crippen molar-refractivity contribution < 1.29 is 9.90 Å². The first kappa shape index (κ1) is 12.0. The van der Waals surface area contributed by atoms with Gasteiger partial charge >= 0.3 is 5.97 Å². The van der Waals surface area contributed by atoms with Gasteiger partial charge in [-0.15, -0.1) is 0 Å². The minimum Gasteiger partial charge on any atom is -0.481 e. The van der Waals surface area contributed by atoms with Crippen molar-refractivity contribution in [2.45, 2.75) is 32.5 Å². The first-order valence-electron chi connectivity index (χ1n) is 5.21. The fourth-order valence-corrected chi connectivity index (χ4v) is 2.59. The van der Waals surface area contributed by atoms with Crippen LogP contribution in [-0.2, 0) is 11.2 Å². The van der Waals surface area contributed by atoms with Crippen molar-refractivity contribution in [3.05, 3.63) is 29.8 Å². The van der Waals surface area contributed by atoms with E-state index in [4.69, 9.17) is 5.11 Å². The zero-order valence-corrected chi connectivity index (χ0v) is 10.6. The molecule has 0 aliphatic rings. The van der Waals surface area contributed by atoms with Crippen molar-refractivity contribution in [2.24, 2.45) is 0 Å². The Balaban J connectivity index is 2.69. The topological polar surface area (TPSA) is 37.3 Å². The van der Waals surface area contributed by atoms with Gasteiger partial charge in [-0.3, -0.25) is 4.79 Å². The quantitative estimate of drug-likeness (QED) is 0.793. The molecule has 1 rings (SSSR count). The van der Waals surface area contributed by atoms with Gasteiger partial charge < -0.3 is 5.11 Å². The zero-order valence-electron chi connectivity index (χ0n) is 9.58. The molecule has 0 atom stereocenters. The van der Waals surface area contributed by atoms with Crippen molar-refractivity contribution in [3.8, 4) is 0 Å². The van der Waals surface area contributed by atoms with Gasteiger partial charge in [-0.05, 0) is 12.0 Å². The molecule has 0 saturated carbocycles. The van der Waals surface area contributed by atoms with Gasteiger partial charge in [-0.25, -0.2) is 0 Å². The molecule has 0 heterocycles. The summed E-state index contributed by atoms with van der Waals surface area (Å²) in [4.78, 5) is 10.4. The van der Waals surface area contributed by atoms with E-state index in [0.717, 1.165) is 5.56 Å². The van der Waals surface area contributed by atoms with Crippen molar-refractivity contribution in [1.82, 2.24) is 0 Å². The van der Waals surface area contributed by atoms with Crippen LogP contribution in [0.15, 0.2) is 24.3 Å². The Kier molecular flexibility index (Phi) is 3.69. The van der Waals surface area contributed by atoms with Crippen LogP contribution < -0.4 is 5.19 Å². The predicted octanol–water partition coefficient (Wildman–Crippen LogP) is 2.25. The Morgan fingerprint density at radius 2 is 1.73 bits per heavy atom. The van der Waals surface area contributed by atoms with Crippen molar-refractivity contribution in [3.63, 3.8) is 0 Å². The highest BCUT2D eigenvalue weighted by Gasteiger charge is 2.15. The second kappa shape index (κ2) is 4.62. The predicted molar refractivity (Wildman–Crippen MR) is 65.4 cm³/mol. The summed E-state index contributed by atoms with van der Waals surface area (Å²) in [5.74, 6) is -0.732. The van der Waals surface area contributed by atoms with Gasteiger partial charge in [0.15, 0.2) is 0 Å². The zero-order chi connectivity index (χ0) is 11.5. The maximum absolute atomic E-state index is 10.4. The molecule has 0 fully saturated rings. The smallest absolute Gasteiger partial charge is 0.303 e. The molecule has 0 radical (unpaired) electrons. The first-order chi connectivity index (χ1) is 6.89. The molecule has 3 heteroatoms. The molecule has 0 aliphatic carbocycles. The Labute approximate surface area is 92.0 Å². The number of carbonyl (C=O) groups is 1.